The van der Waals surface area contributed by atoms with E-state index >= 15 is 0 Å². The first-order valence-electron chi connectivity index (χ1n) is 9.11. The molecule has 1 saturated heterocycles. The molecule has 1 amide bonds. The maximum absolute atomic E-state index is 12.9. The van der Waals surface area contributed by atoms with E-state index in [0.717, 1.165) is 22.0 Å². The molecular weight excluding hydrogens is 358 g/mol. The Morgan fingerprint density at radius 2 is 2.04 bits per heavy atom. The molecule has 3 heterocycles. The molecule has 140 valence electrons. The number of carbonyl (C=O) groups excluding carboxylic acids is 1. The number of benzene rings is 1. The average Bonchev–Trinajstić information content (AvgIpc) is 3.42. The van der Waals surface area contributed by atoms with E-state index in [-0.39, 0.29) is 17.7 Å². The zero-order chi connectivity index (χ0) is 18.8. The molecule has 3 N–H and O–H groups in total. The highest BCUT2D eigenvalue weighted by Crippen LogP contribution is 2.39. The fraction of sp³-hybridized carbons (Fsp3) is 0.350. The van der Waals surface area contributed by atoms with E-state index in [0.29, 0.717) is 26.1 Å². The van der Waals surface area contributed by atoms with E-state index in [2.05, 4.69) is 39.4 Å². The lowest BCUT2D eigenvalue weighted by atomic mass is 9.86. The molecule has 0 aliphatic carbocycles. The summed E-state index contributed by atoms with van der Waals surface area (Å²) in [7, 11) is 0. The zero-order valence-corrected chi connectivity index (χ0v) is 16.1. The van der Waals surface area contributed by atoms with E-state index in [9.17, 15) is 4.79 Å². The van der Waals surface area contributed by atoms with Gasteiger partial charge in [0.25, 0.3) is 0 Å². The van der Waals surface area contributed by atoms with Crippen molar-refractivity contribution in [3.8, 4) is 0 Å². The van der Waals surface area contributed by atoms with Gasteiger partial charge in [-0.1, -0.05) is 24.3 Å². The minimum absolute atomic E-state index is 0.130. The number of rotatable bonds is 5. The van der Waals surface area contributed by atoms with Gasteiger partial charge in [-0.05, 0) is 24.1 Å². The molecule has 0 saturated carbocycles. The summed E-state index contributed by atoms with van der Waals surface area (Å²) >= 11 is 1.58. The number of nitrogens with one attached hydrogen (secondary N) is 1. The Kier molecular flexibility index (Phi) is 5.05. The summed E-state index contributed by atoms with van der Waals surface area (Å²) < 4.78 is 0. The van der Waals surface area contributed by atoms with Crippen molar-refractivity contribution in [1.29, 1.82) is 0 Å². The third-order valence-electron chi connectivity index (χ3n) is 5.24. The minimum Gasteiger partial charge on any atom is -0.341 e. The molecule has 1 aliphatic heterocycles. The van der Waals surface area contributed by atoms with Crippen LogP contribution in [0.2, 0.25) is 0 Å². The molecule has 1 aliphatic rings. The number of hydrogen-bond acceptors (Lipinski definition) is 5. The van der Waals surface area contributed by atoms with Crippen molar-refractivity contribution < 1.29 is 4.79 Å². The van der Waals surface area contributed by atoms with E-state index in [4.69, 9.17) is 5.73 Å². The maximum atomic E-state index is 12.9. The molecule has 0 bridgehead atoms. The van der Waals surface area contributed by atoms with Crippen LogP contribution in [0.25, 0.3) is 0 Å². The zero-order valence-electron chi connectivity index (χ0n) is 15.3. The van der Waals surface area contributed by atoms with Gasteiger partial charge in [-0.25, -0.2) is 4.98 Å². The number of carbonyl (C=O) groups is 1. The lowest BCUT2D eigenvalue weighted by Crippen LogP contribution is -2.30. The Morgan fingerprint density at radius 3 is 2.67 bits per heavy atom. The Balaban J connectivity index is 1.56. The van der Waals surface area contributed by atoms with Crippen LogP contribution in [0, 0.1) is 6.92 Å². The molecule has 2 aromatic heterocycles. The normalized spacial score (nSPS) is 19.6. The van der Waals surface area contributed by atoms with Gasteiger partial charge in [0.05, 0.1) is 17.1 Å². The molecule has 3 aromatic rings. The Bertz CT molecular complexity index is 903. The van der Waals surface area contributed by atoms with Gasteiger partial charge < -0.3 is 10.6 Å². The number of hydrogen-bond donors (Lipinski definition) is 2. The van der Waals surface area contributed by atoms with Gasteiger partial charge in [-0.2, -0.15) is 5.10 Å². The second-order valence-corrected chi connectivity index (χ2v) is 8.07. The number of nitrogens with zero attached hydrogens (tertiary/aromatic N) is 3. The molecule has 0 spiro atoms. The summed E-state index contributed by atoms with van der Waals surface area (Å²) in [6.07, 6.45) is 2.13. The summed E-state index contributed by atoms with van der Waals surface area (Å²) in [5.41, 5.74) is 9.99. The maximum Gasteiger partial charge on any atom is 0.228 e. The van der Waals surface area contributed by atoms with Crippen LogP contribution in [0.5, 0.6) is 0 Å². The topological polar surface area (TPSA) is 87.9 Å². The number of aryl methyl sites for hydroxylation is 1. The van der Waals surface area contributed by atoms with Crippen molar-refractivity contribution >= 4 is 17.2 Å². The second-order valence-electron chi connectivity index (χ2n) is 7.00. The SMILES string of the molecule is Cc1nc(CC(=O)N2C[C@@H](c3ccc(CN)cc3)[C@H](c3ccn[nH]3)C2)cs1. The van der Waals surface area contributed by atoms with Crippen LogP contribution in [0.15, 0.2) is 41.9 Å². The number of nitrogens with two attached hydrogens (primary N) is 1. The predicted octanol–water partition coefficient (Wildman–Crippen LogP) is 2.59. The number of aromatic amines is 1. The van der Waals surface area contributed by atoms with Gasteiger partial charge in [-0.3, -0.25) is 9.89 Å². The van der Waals surface area contributed by atoms with Crippen LogP contribution in [0.3, 0.4) is 0 Å². The quantitative estimate of drug-likeness (QED) is 0.711. The van der Waals surface area contributed by atoms with Crippen molar-refractivity contribution in [3.05, 3.63) is 69.4 Å². The van der Waals surface area contributed by atoms with Gasteiger partial charge >= 0.3 is 0 Å². The van der Waals surface area contributed by atoms with Crippen LogP contribution >= 0.6 is 11.3 Å². The summed E-state index contributed by atoms with van der Waals surface area (Å²) in [6.45, 7) is 3.89. The molecule has 2 atom stereocenters. The molecule has 1 aromatic carbocycles. The standard InChI is InChI=1S/C20H23N5OS/c1-13-23-16(12-27-13)8-20(26)25-10-17(15-4-2-14(9-21)3-5-15)18(11-25)19-6-7-22-24-19/h2-7,12,17-18H,8-11,21H2,1H3,(H,22,24)/t17-,18+/m0/s1. The predicted molar refractivity (Wildman–Crippen MR) is 106 cm³/mol. The monoisotopic (exact) mass is 381 g/mol. The highest BCUT2D eigenvalue weighted by Gasteiger charge is 2.37. The smallest absolute Gasteiger partial charge is 0.228 e. The number of amides is 1. The van der Waals surface area contributed by atoms with Crippen LogP contribution < -0.4 is 5.73 Å². The first-order chi connectivity index (χ1) is 13.1. The van der Waals surface area contributed by atoms with Crippen molar-refractivity contribution in [2.75, 3.05) is 13.1 Å². The first-order valence-corrected chi connectivity index (χ1v) is 9.99. The lowest BCUT2D eigenvalue weighted by Gasteiger charge is -2.17. The molecule has 7 heteroatoms. The molecule has 27 heavy (non-hydrogen) atoms. The summed E-state index contributed by atoms with van der Waals surface area (Å²) in [4.78, 5) is 19.3. The lowest BCUT2D eigenvalue weighted by molar-refractivity contribution is -0.129. The number of H-pyrrole nitrogens is 1. The van der Waals surface area contributed by atoms with E-state index < -0.39 is 0 Å². The van der Waals surface area contributed by atoms with E-state index in [1.165, 1.54) is 5.56 Å². The average molecular weight is 382 g/mol. The summed E-state index contributed by atoms with van der Waals surface area (Å²) in [5, 5.41) is 10.2. The van der Waals surface area contributed by atoms with Crippen molar-refractivity contribution in [2.24, 2.45) is 5.73 Å². The van der Waals surface area contributed by atoms with Gasteiger partial charge in [0.2, 0.25) is 5.91 Å². The van der Waals surface area contributed by atoms with E-state index in [1.807, 2.05) is 23.3 Å². The van der Waals surface area contributed by atoms with Gasteiger partial charge in [0.1, 0.15) is 0 Å². The Hall–Kier alpha value is -2.51. The number of thiazole rings is 1. The minimum atomic E-state index is 0.130. The molecule has 0 radical (unpaired) electrons. The number of likely N-dealkylation sites (tertiary alicyclic amines) is 1. The van der Waals surface area contributed by atoms with Crippen molar-refractivity contribution in [2.45, 2.75) is 31.7 Å². The molecule has 6 nitrogen and oxygen atoms in total. The second kappa shape index (κ2) is 7.62. The fourth-order valence-electron chi connectivity index (χ4n) is 3.79. The largest absolute Gasteiger partial charge is 0.341 e. The molecule has 0 unspecified atom stereocenters. The third-order valence-corrected chi connectivity index (χ3v) is 6.06. The van der Waals surface area contributed by atoms with Crippen molar-refractivity contribution in [3.63, 3.8) is 0 Å². The summed E-state index contributed by atoms with van der Waals surface area (Å²) in [6, 6.07) is 10.4. The van der Waals surface area contributed by atoms with Crippen LogP contribution in [0.4, 0.5) is 0 Å². The van der Waals surface area contributed by atoms with Crippen molar-refractivity contribution in [1.82, 2.24) is 20.1 Å². The molecule has 4 rings (SSSR count). The molecular formula is C20H23N5OS. The van der Waals surface area contributed by atoms with Crippen LogP contribution in [0.1, 0.15) is 39.4 Å². The van der Waals surface area contributed by atoms with Gasteiger partial charge in [-0.15, -0.1) is 11.3 Å². The number of aromatic nitrogens is 3. The van der Waals surface area contributed by atoms with Gasteiger partial charge in [0.15, 0.2) is 0 Å². The third kappa shape index (κ3) is 3.79. The van der Waals surface area contributed by atoms with Crippen LogP contribution in [-0.2, 0) is 17.8 Å². The Labute approximate surface area is 162 Å². The first kappa shape index (κ1) is 17.9. The highest BCUT2D eigenvalue weighted by atomic mass is 32.1. The van der Waals surface area contributed by atoms with Crippen LogP contribution in [-0.4, -0.2) is 39.1 Å². The van der Waals surface area contributed by atoms with E-state index in [1.54, 1.807) is 17.5 Å². The Morgan fingerprint density at radius 1 is 1.26 bits per heavy atom. The van der Waals surface area contributed by atoms with Gasteiger partial charge in [0, 0.05) is 48.7 Å². The highest BCUT2D eigenvalue weighted by molar-refractivity contribution is 7.09. The fourth-order valence-corrected chi connectivity index (χ4v) is 4.40. The summed E-state index contributed by atoms with van der Waals surface area (Å²) in [5.74, 6) is 0.571. The molecule has 1 fully saturated rings.